The van der Waals surface area contributed by atoms with Gasteiger partial charge in [-0.1, -0.05) is 39.0 Å². The van der Waals surface area contributed by atoms with Gasteiger partial charge in [0.05, 0.1) is 18.6 Å². The first-order valence-electron chi connectivity index (χ1n) is 14.0. The van der Waals surface area contributed by atoms with Crippen LogP contribution in [0, 0.1) is 11.8 Å². The second kappa shape index (κ2) is 12.9. The Morgan fingerprint density at radius 2 is 1.79 bits per heavy atom. The second-order valence-corrected chi connectivity index (χ2v) is 12.3. The van der Waals surface area contributed by atoms with Crippen LogP contribution in [0.5, 0.6) is 0 Å². The molecule has 3 N–H and O–H groups in total. The fraction of sp³-hybridized carbons (Fsp3) is 0.533. The Balaban J connectivity index is 1.23. The monoisotopic (exact) mass is 552 g/mol. The van der Waals surface area contributed by atoms with Gasteiger partial charge in [0.25, 0.3) is 5.91 Å². The average Bonchev–Trinajstić information content (AvgIpc) is 3.66. The number of fused-ring (bicyclic) bond motifs is 1. The van der Waals surface area contributed by atoms with Crippen molar-refractivity contribution in [3.05, 3.63) is 47.3 Å². The molecule has 39 heavy (non-hydrogen) atoms. The molecule has 210 valence electrons. The van der Waals surface area contributed by atoms with Crippen LogP contribution in [0.3, 0.4) is 0 Å². The van der Waals surface area contributed by atoms with Gasteiger partial charge in [-0.2, -0.15) is 0 Å². The summed E-state index contributed by atoms with van der Waals surface area (Å²) in [7, 11) is 0. The third-order valence-corrected chi connectivity index (χ3v) is 8.72. The molecule has 2 aliphatic rings. The summed E-state index contributed by atoms with van der Waals surface area (Å²) in [5.74, 6) is 0.0155. The number of nitrogens with one attached hydrogen (secondary N) is 1. The smallest absolute Gasteiger partial charge is 0.251 e. The predicted molar refractivity (Wildman–Crippen MR) is 153 cm³/mol. The molecule has 0 radical (unpaired) electrons. The largest absolute Gasteiger partial charge is 0.352 e. The number of likely N-dealkylation sites (tertiary alicyclic amines) is 2. The first-order valence-corrected chi connectivity index (χ1v) is 14.8. The predicted octanol–water partition coefficient (Wildman–Crippen LogP) is 3.71. The van der Waals surface area contributed by atoms with Gasteiger partial charge in [0, 0.05) is 30.0 Å². The summed E-state index contributed by atoms with van der Waals surface area (Å²) in [6, 6.07) is 10.1. The number of rotatable bonds is 11. The van der Waals surface area contributed by atoms with Crippen molar-refractivity contribution in [2.24, 2.45) is 17.6 Å². The lowest BCUT2D eigenvalue weighted by molar-refractivity contribution is -0.137. The van der Waals surface area contributed by atoms with E-state index in [2.05, 4.69) is 19.2 Å². The molecule has 0 spiro atoms. The SMILES string of the molecule is CC(C)CCC(N)C(=O)N1CC(=O)C2C1CCN2C(=O)CC(C)CCNC(=O)c1ccc(-c2cccs2)cc1. The van der Waals surface area contributed by atoms with Crippen LogP contribution in [0.4, 0.5) is 0 Å². The highest BCUT2D eigenvalue weighted by Gasteiger charge is 2.51. The van der Waals surface area contributed by atoms with Gasteiger partial charge >= 0.3 is 0 Å². The van der Waals surface area contributed by atoms with Crippen LogP contribution < -0.4 is 11.1 Å². The topological polar surface area (TPSA) is 113 Å². The summed E-state index contributed by atoms with van der Waals surface area (Å²) in [6.45, 7) is 7.12. The highest BCUT2D eigenvalue weighted by Crippen LogP contribution is 2.31. The molecule has 2 saturated heterocycles. The highest BCUT2D eigenvalue weighted by molar-refractivity contribution is 7.13. The minimum absolute atomic E-state index is 0.0310. The first kappa shape index (κ1) is 29.0. The van der Waals surface area contributed by atoms with Crippen molar-refractivity contribution < 1.29 is 19.2 Å². The summed E-state index contributed by atoms with van der Waals surface area (Å²) in [6.07, 6.45) is 2.99. The van der Waals surface area contributed by atoms with E-state index in [9.17, 15) is 19.2 Å². The highest BCUT2D eigenvalue weighted by atomic mass is 32.1. The lowest BCUT2D eigenvalue weighted by Crippen LogP contribution is -2.48. The molecular formula is C30H40N4O4S. The number of hydrogen-bond acceptors (Lipinski definition) is 6. The van der Waals surface area contributed by atoms with Crippen LogP contribution in [0.1, 0.15) is 63.2 Å². The van der Waals surface area contributed by atoms with E-state index in [1.807, 2.05) is 48.7 Å². The maximum absolute atomic E-state index is 13.1. The van der Waals surface area contributed by atoms with Crippen molar-refractivity contribution in [1.82, 2.24) is 15.1 Å². The summed E-state index contributed by atoms with van der Waals surface area (Å²) in [5, 5.41) is 4.97. The van der Waals surface area contributed by atoms with E-state index in [1.165, 1.54) is 0 Å². The lowest BCUT2D eigenvalue weighted by atomic mass is 10.0. The molecule has 0 bridgehead atoms. The maximum Gasteiger partial charge on any atom is 0.251 e. The molecule has 9 heteroatoms. The molecule has 2 fully saturated rings. The summed E-state index contributed by atoms with van der Waals surface area (Å²) < 4.78 is 0. The summed E-state index contributed by atoms with van der Waals surface area (Å²) >= 11 is 1.66. The van der Waals surface area contributed by atoms with E-state index in [0.717, 1.165) is 16.9 Å². The molecule has 0 saturated carbocycles. The molecule has 3 amide bonds. The molecule has 4 atom stereocenters. The second-order valence-electron chi connectivity index (χ2n) is 11.3. The van der Waals surface area contributed by atoms with Crippen LogP contribution in [0.15, 0.2) is 41.8 Å². The van der Waals surface area contributed by atoms with Gasteiger partial charge in [0.1, 0.15) is 6.04 Å². The van der Waals surface area contributed by atoms with Gasteiger partial charge in [-0.25, -0.2) is 0 Å². The molecule has 4 rings (SSSR count). The Kier molecular flexibility index (Phi) is 9.56. The van der Waals surface area contributed by atoms with E-state index in [1.54, 1.807) is 21.1 Å². The van der Waals surface area contributed by atoms with Crippen molar-refractivity contribution in [2.75, 3.05) is 19.6 Å². The van der Waals surface area contributed by atoms with Crippen molar-refractivity contribution in [3.8, 4) is 10.4 Å². The zero-order valence-corrected chi connectivity index (χ0v) is 23.9. The van der Waals surface area contributed by atoms with Crippen molar-refractivity contribution in [3.63, 3.8) is 0 Å². The van der Waals surface area contributed by atoms with Gasteiger partial charge in [-0.3, -0.25) is 19.2 Å². The number of ketones is 1. The number of Topliss-reactive ketones (excluding diaryl/α,β-unsaturated/α-hetero) is 1. The molecule has 8 nitrogen and oxygen atoms in total. The standard InChI is InChI=1S/C30H40N4O4S/c1-19(2)6-11-23(31)30(38)34-18-25(35)28-24(34)13-15-33(28)27(36)17-20(3)12-14-32-29(37)22-9-7-21(8-10-22)26-5-4-16-39-26/h4-5,7-10,16,19-20,23-24,28H,6,11-15,17-18,31H2,1-3H3,(H,32,37). The normalized spacial score (nSPS) is 20.3. The fourth-order valence-corrected chi connectivity index (χ4v) is 6.25. The summed E-state index contributed by atoms with van der Waals surface area (Å²) in [4.78, 5) is 55.9. The van der Waals surface area contributed by atoms with Gasteiger partial charge in [0.2, 0.25) is 11.8 Å². The fourth-order valence-electron chi connectivity index (χ4n) is 5.52. The molecule has 1 aromatic carbocycles. The Morgan fingerprint density at radius 3 is 2.46 bits per heavy atom. The van der Waals surface area contributed by atoms with Gasteiger partial charge in [-0.05, 0) is 66.7 Å². The van der Waals surface area contributed by atoms with Gasteiger partial charge < -0.3 is 20.9 Å². The Morgan fingerprint density at radius 1 is 1.05 bits per heavy atom. The maximum atomic E-state index is 13.1. The number of nitrogens with zero attached hydrogens (tertiary/aromatic N) is 2. The summed E-state index contributed by atoms with van der Waals surface area (Å²) in [5.41, 5.74) is 7.84. The van der Waals surface area contributed by atoms with Crippen molar-refractivity contribution in [1.29, 1.82) is 0 Å². The number of hydrogen-bond donors (Lipinski definition) is 2. The van der Waals surface area contributed by atoms with Crippen LogP contribution >= 0.6 is 11.3 Å². The molecule has 0 aliphatic carbocycles. The zero-order valence-electron chi connectivity index (χ0n) is 23.1. The number of carbonyl (C=O) groups excluding carboxylic acids is 4. The molecule has 1 aromatic heterocycles. The van der Waals surface area contributed by atoms with Crippen LogP contribution in [-0.2, 0) is 14.4 Å². The average molecular weight is 553 g/mol. The van der Waals surface area contributed by atoms with E-state index in [0.29, 0.717) is 50.3 Å². The molecule has 2 aliphatic heterocycles. The zero-order chi connectivity index (χ0) is 28.1. The quantitative estimate of drug-likeness (QED) is 0.441. The Bertz CT molecular complexity index is 1160. The number of carbonyl (C=O) groups is 4. The number of benzene rings is 1. The van der Waals surface area contributed by atoms with Gasteiger partial charge in [0.15, 0.2) is 5.78 Å². The number of nitrogens with two attached hydrogens (primary N) is 1. The van der Waals surface area contributed by atoms with Gasteiger partial charge in [-0.15, -0.1) is 11.3 Å². The van der Waals surface area contributed by atoms with Crippen LogP contribution in [-0.4, -0.2) is 71.1 Å². The lowest BCUT2D eigenvalue weighted by Gasteiger charge is -2.27. The van der Waals surface area contributed by atoms with Crippen molar-refractivity contribution >= 4 is 34.8 Å². The molecule has 2 aromatic rings. The van der Waals surface area contributed by atoms with E-state index in [4.69, 9.17) is 5.73 Å². The van der Waals surface area contributed by atoms with E-state index in [-0.39, 0.29) is 42.0 Å². The molecule has 3 heterocycles. The molecular weight excluding hydrogens is 512 g/mol. The third-order valence-electron chi connectivity index (χ3n) is 7.80. The molecule has 4 unspecified atom stereocenters. The Hall–Kier alpha value is -3.04. The minimum Gasteiger partial charge on any atom is -0.352 e. The van der Waals surface area contributed by atoms with Crippen LogP contribution in [0.25, 0.3) is 10.4 Å². The number of amides is 3. The van der Waals surface area contributed by atoms with Crippen molar-refractivity contribution in [2.45, 2.75) is 71.0 Å². The Labute approximate surface area is 234 Å². The first-order chi connectivity index (χ1) is 18.7. The third kappa shape index (κ3) is 6.94. The van der Waals surface area contributed by atoms with E-state index >= 15 is 0 Å². The minimum atomic E-state index is -0.613. The van der Waals surface area contributed by atoms with Crippen LogP contribution in [0.2, 0.25) is 0 Å². The number of thiophene rings is 1. The van der Waals surface area contributed by atoms with E-state index < -0.39 is 12.1 Å².